The molecule has 0 radical (unpaired) electrons. The number of piperidine rings is 1. The van der Waals surface area contributed by atoms with Gasteiger partial charge < -0.3 is 9.47 Å². The van der Waals surface area contributed by atoms with E-state index in [-0.39, 0.29) is 0 Å². The van der Waals surface area contributed by atoms with Crippen LogP contribution in [0.2, 0.25) is 0 Å². The molecular formula is C20H29N3. The standard InChI is InChI=1S/C20H29N3/c1-18-7-9-19(10-8-18)5-4-14-23-13-3-2-6-20(23)11-15-22-16-12-21-17-22/h7-10,12,16-17,20H,2-6,11,13-15H2,1H3. The fraction of sp³-hybridized carbons (Fsp3) is 0.550. The summed E-state index contributed by atoms with van der Waals surface area (Å²) in [6, 6.07) is 9.77. The Morgan fingerprint density at radius 2 is 2.00 bits per heavy atom. The Morgan fingerprint density at radius 3 is 2.78 bits per heavy atom. The van der Waals surface area contributed by atoms with Gasteiger partial charge in [-0.15, -0.1) is 0 Å². The summed E-state index contributed by atoms with van der Waals surface area (Å²) in [4.78, 5) is 6.87. The van der Waals surface area contributed by atoms with Crippen molar-refractivity contribution in [1.29, 1.82) is 0 Å². The van der Waals surface area contributed by atoms with E-state index in [9.17, 15) is 0 Å². The van der Waals surface area contributed by atoms with Crippen molar-refractivity contribution in [2.45, 2.75) is 58.0 Å². The van der Waals surface area contributed by atoms with Gasteiger partial charge in [-0.2, -0.15) is 0 Å². The predicted octanol–water partition coefficient (Wildman–Crippen LogP) is 4.07. The molecule has 23 heavy (non-hydrogen) atoms. The second-order valence-electron chi connectivity index (χ2n) is 6.86. The molecule has 0 amide bonds. The third-order valence-electron chi connectivity index (χ3n) is 5.06. The number of aromatic nitrogens is 2. The highest BCUT2D eigenvalue weighted by atomic mass is 15.2. The molecular weight excluding hydrogens is 282 g/mol. The maximum absolute atomic E-state index is 4.14. The van der Waals surface area contributed by atoms with E-state index in [4.69, 9.17) is 0 Å². The van der Waals surface area contributed by atoms with E-state index in [0.717, 1.165) is 12.6 Å². The zero-order valence-electron chi connectivity index (χ0n) is 14.3. The Morgan fingerprint density at radius 1 is 1.13 bits per heavy atom. The largest absolute Gasteiger partial charge is 0.337 e. The molecule has 0 saturated carbocycles. The molecule has 1 fully saturated rings. The van der Waals surface area contributed by atoms with Crippen molar-refractivity contribution in [3.05, 3.63) is 54.1 Å². The lowest BCUT2D eigenvalue weighted by Crippen LogP contribution is -2.40. The number of rotatable bonds is 7. The fourth-order valence-corrected chi connectivity index (χ4v) is 3.64. The highest BCUT2D eigenvalue weighted by Crippen LogP contribution is 2.21. The highest BCUT2D eigenvalue weighted by molar-refractivity contribution is 5.21. The zero-order valence-corrected chi connectivity index (χ0v) is 14.3. The quantitative estimate of drug-likeness (QED) is 0.768. The Kier molecular flexibility index (Phi) is 5.87. The first kappa shape index (κ1) is 16.3. The average Bonchev–Trinajstić information content (AvgIpc) is 3.09. The van der Waals surface area contributed by atoms with Gasteiger partial charge >= 0.3 is 0 Å². The second-order valence-corrected chi connectivity index (χ2v) is 6.86. The van der Waals surface area contributed by atoms with E-state index >= 15 is 0 Å². The fourth-order valence-electron chi connectivity index (χ4n) is 3.64. The lowest BCUT2D eigenvalue weighted by atomic mass is 9.98. The van der Waals surface area contributed by atoms with Crippen LogP contribution in [0.3, 0.4) is 0 Å². The van der Waals surface area contributed by atoms with E-state index in [2.05, 4.69) is 51.8 Å². The minimum absolute atomic E-state index is 0.754. The normalized spacial score (nSPS) is 19.1. The third-order valence-corrected chi connectivity index (χ3v) is 5.06. The zero-order chi connectivity index (χ0) is 15.9. The van der Waals surface area contributed by atoms with E-state index < -0.39 is 0 Å². The van der Waals surface area contributed by atoms with Crippen LogP contribution in [-0.2, 0) is 13.0 Å². The van der Waals surface area contributed by atoms with Crippen LogP contribution in [0, 0.1) is 6.92 Å². The molecule has 0 spiro atoms. The maximum atomic E-state index is 4.14. The average molecular weight is 311 g/mol. The summed E-state index contributed by atoms with van der Waals surface area (Å²) >= 11 is 0. The van der Waals surface area contributed by atoms with E-state index in [1.807, 2.05) is 12.5 Å². The molecule has 1 aliphatic rings. The van der Waals surface area contributed by atoms with Gasteiger partial charge in [-0.1, -0.05) is 36.2 Å². The van der Waals surface area contributed by atoms with E-state index in [0.29, 0.717) is 0 Å². The summed E-state index contributed by atoms with van der Waals surface area (Å²) in [5, 5.41) is 0. The summed E-state index contributed by atoms with van der Waals surface area (Å²) in [5.41, 5.74) is 2.83. The van der Waals surface area contributed by atoms with Crippen molar-refractivity contribution in [3.63, 3.8) is 0 Å². The molecule has 0 aliphatic carbocycles. The monoisotopic (exact) mass is 311 g/mol. The smallest absolute Gasteiger partial charge is 0.0945 e. The molecule has 1 aliphatic heterocycles. The first-order valence-electron chi connectivity index (χ1n) is 9.06. The van der Waals surface area contributed by atoms with Crippen LogP contribution >= 0.6 is 0 Å². The molecule has 0 N–H and O–H groups in total. The van der Waals surface area contributed by atoms with Crippen molar-refractivity contribution in [3.8, 4) is 0 Å². The number of hydrogen-bond donors (Lipinski definition) is 0. The third kappa shape index (κ3) is 4.93. The van der Waals surface area contributed by atoms with Gasteiger partial charge in [0.1, 0.15) is 0 Å². The van der Waals surface area contributed by atoms with Gasteiger partial charge in [0, 0.05) is 25.0 Å². The summed E-state index contributed by atoms with van der Waals surface area (Å²) in [6.07, 6.45) is 13.7. The van der Waals surface area contributed by atoms with Crippen molar-refractivity contribution in [2.75, 3.05) is 13.1 Å². The predicted molar refractivity (Wildman–Crippen MR) is 95.6 cm³/mol. The molecule has 1 saturated heterocycles. The summed E-state index contributed by atoms with van der Waals surface area (Å²) in [7, 11) is 0. The van der Waals surface area contributed by atoms with Gasteiger partial charge in [-0.3, -0.25) is 0 Å². The van der Waals surface area contributed by atoms with Crippen LogP contribution in [0.4, 0.5) is 0 Å². The van der Waals surface area contributed by atoms with Crippen LogP contribution in [-0.4, -0.2) is 33.6 Å². The molecule has 1 aromatic carbocycles. The Hall–Kier alpha value is -1.61. The molecule has 1 aromatic heterocycles. The van der Waals surface area contributed by atoms with Gasteiger partial charge in [0.2, 0.25) is 0 Å². The molecule has 3 nitrogen and oxygen atoms in total. The van der Waals surface area contributed by atoms with Gasteiger partial charge in [0.15, 0.2) is 0 Å². The first-order chi connectivity index (χ1) is 11.3. The van der Waals surface area contributed by atoms with Crippen LogP contribution in [0.15, 0.2) is 43.0 Å². The van der Waals surface area contributed by atoms with Gasteiger partial charge in [-0.05, 0) is 57.7 Å². The lowest BCUT2D eigenvalue weighted by molar-refractivity contribution is 0.134. The Balaban J connectivity index is 1.45. The van der Waals surface area contributed by atoms with Crippen molar-refractivity contribution in [1.82, 2.24) is 14.5 Å². The van der Waals surface area contributed by atoms with Crippen LogP contribution in [0.25, 0.3) is 0 Å². The van der Waals surface area contributed by atoms with Gasteiger partial charge in [0.25, 0.3) is 0 Å². The van der Waals surface area contributed by atoms with Gasteiger partial charge in [0.05, 0.1) is 6.33 Å². The topological polar surface area (TPSA) is 21.1 Å². The summed E-state index contributed by atoms with van der Waals surface area (Å²) in [6.45, 7) is 5.77. The molecule has 2 aromatic rings. The van der Waals surface area contributed by atoms with Crippen molar-refractivity contribution in [2.24, 2.45) is 0 Å². The summed E-state index contributed by atoms with van der Waals surface area (Å²) < 4.78 is 2.21. The van der Waals surface area contributed by atoms with E-state index in [1.54, 1.807) is 0 Å². The Bertz CT molecular complexity index is 559. The maximum Gasteiger partial charge on any atom is 0.0945 e. The molecule has 2 heterocycles. The highest BCUT2D eigenvalue weighted by Gasteiger charge is 2.21. The first-order valence-corrected chi connectivity index (χ1v) is 9.06. The lowest BCUT2D eigenvalue weighted by Gasteiger charge is -2.36. The van der Waals surface area contributed by atoms with Gasteiger partial charge in [-0.25, -0.2) is 4.98 Å². The number of likely N-dealkylation sites (tertiary alicyclic amines) is 1. The molecule has 3 rings (SSSR count). The molecule has 0 bridgehead atoms. The molecule has 1 unspecified atom stereocenters. The molecule has 1 atom stereocenters. The molecule has 3 heteroatoms. The van der Waals surface area contributed by atoms with E-state index in [1.165, 1.54) is 62.7 Å². The SMILES string of the molecule is Cc1ccc(CCCN2CCCCC2CCn2ccnc2)cc1. The second kappa shape index (κ2) is 8.30. The minimum atomic E-state index is 0.754. The van der Waals surface area contributed by atoms with Crippen molar-refractivity contribution < 1.29 is 0 Å². The number of benzene rings is 1. The number of aryl methyl sites for hydroxylation is 3. The van der Waals surface area contributed by atoms with Crippen molar-refractivity contribution >= 4 is 0 Å². The van der Waals surface area contributed by atoms with Crippen LogP contribution < -0.4 is 0 Å². The minimum Gasteiger partial charge on any atom is -0.337 e. The van der Waals surface area contributed by atoms with Crippen LogP contribution in [0.5, 0.6) is 0 Å². The Labute approximate surface area is 140 Å². The summed E-state index contributed by atoms with van der Waals surface area (Å²) in [5.74, 6) is 0. The van der Waals surface area contributed by atoms with Crippen LogP contribution in [0.1, 0.15) is 43.2 Å². The molecule has 124 valence electrons. The number of nitrogens with zero attached hydrogens (tertiary/aromatic N) is 3. The number of imidazole rings is 1. The number of hydrogen-bond acceptors (Lipinski definition) is 2.